The molecule has 2 N–H and O–H groups in total. The van der Waals surface area contributed by atoms with Crippen LogP contribution in [0.25, 0.3) is 0 Å². The molecule has 1 amide bonds. The summed E-state index contributed by atoms with van der Waals surface area (Å²) in [5, 5.41) is 11.5. The number of amides is 1. The van der Waals surface area contributed by atoms with Gasteiger partial charge >= 0.3 is 5.97 Å². The Labute approximate surface area is 118 Å². The minimum absolute atomic E-state index is 0.0991. The molecular formula is C13H13BrFNO3. The molecule has 19 heavy (non-hydrogen) atoms. The summed E-state index contributed by atoms with van der Waals surface area (Å²) in [6.07, 6.45) is 2.43. The zero-order valence-corrected chi connectivity index (χ0v) is 11.6. The summed E-state index contributed by atoms with van der Waals surface area (Å²) < 4.78 is 13.5. The van der Waals surface area contributed by atoms with E-state index in [0.29, 0.717) is 16.8 Å². The van der Waals surface area contributed by atoms with Crippen LogP contribution >= 0.6 is 15.9 Å². The monoisotopic (exact) mass is 329 g/mol. The first-order chi connectivity index (χ1) is 8.97. The number of carbonyl (C=O) groups is 2. The van der Waals surface area contributed by atoms with Gasteiger partial charge in [0.25, 0.3) is 5.91 Å². The Kier molecular flexibility index (Phi) is 4.19. The molecule has 2 rings (SSSR count). The van der Waals surface area contributed by atoms with Crippen LogP contribution in [0.2, 0.25) is 0 Å². The summed E-state index contributed by atoms with van der Waals surface area (Å²) in [5.41, 5.74) is 0.0991. The Morgan fingerprint density at radius 3 is 2.74 bits per heavy atom. The van der Waals surface area contributed by atoms with E-state index in [4.69, 9.17) is 5.11 Å². The Bertz CT molecular complexity index is 517. The van der Waals surface area contributed by atoms with Crippen molar-refractivity contribution in [2.75, 3.05) is 0 Å². The number of hydrogen-bond acceptors (Lipinski definition) is 2. The van der Waals surface area contributed by atoms with Gasteiger partial charge in [0.1, 0.15) is 11.9 Å². The van der Waals surface area contributed by atoms with Gasteiger partial charge in [-0.1, -0.05) is 12.8 Å². The second-order valence-electron chi connectivity index (χ2n) is 4.67. The van der Waals surface area contributed by atoms with Crippen molar-refractivity contribution in [1.29, 1.82) is 0 Å². The number of carboxylic acids is 1. The maximum atomic E-state index is 13.1. The maximum absolute atomic E-state index is 13.1. The Morgan fingerprint density at radius 1 is 1.47 bits per heavy atom. The van der Waals surface area contributed by atoms with Crippen LogP contribution in [0.3, 0.4) is 0 Å². The third kappa shape index (κ3) is 3.76. The molecule has 1 atom stereocenters. The van der Waals surface area contributed by atoms with Crippen LogP contribution in [0.15, 0.2) is 22.7 Å². The molecule has 1 aromatic rings. The van der Waals surface area contributed by atoms with Crippen molar-refractivity contribution in [3.8, 4) is 0 Å². The summed E-state index contributed by atoms with van der Waals surface area (Å²) in [5.74, 6) is -1.81. The lowest BCUT2D eigenvalue weighted by atomic mass is 10.1. The molecule has 4 nitrogen and oxygen atoms in total. The summed E-state index contributed by atoms with van der Waals surface area (Å²) in [4.78, 5) is 23.0. The van der Waals surface area contributed by atoms with E-state index in [1.165, 1.54) is 12.1 Å². The fourth-order valence-corrected chi connectivity index (χ4v) is 2.24. The second kappa shape index (κ2) is 5.69. The molecular weight excluding hydrogens is 317 g/mol. The van der Waals surface area contributed by atoms with Gasteiger partial charge in [-0.15, -0.1) is 0 Å². The largest absolute Gasteiger partial charge is 0.480 e. The molecule has 0 radical (unpaired) electrons. The third-order valence-electron chi connectivity index (χ3n) is 3.04. The van der Waals surface area contributed by atoms with Gasteiger partial charge in [-0.3, -0.25) is 4.79 Å². The zero-order chi connectivity index (χ0) is 14.0. The molecule has 1 aromatic carbocycles. The molecule has 0 heterocycles. The first-order valence-electron chi connectivity index (χ1n) is 5.96. The fraction of sp³-hybridized carbons (Fsp3) is 0.385. The van der Waals surface area contributed by atoms with E-state index in [1.807, 2.05) is 0 Å². The van der Waals surface area contributed by atoms with Gasteiger partial charge < -0.3 is 10.4 Å². The topological polar surface area (TPSA) is 66.4 Å². The molecule has 1 aliphatic rings. The van der Waals surface area contributed by atoms with Gasteiger partial charge in [-0.05, 0) is 46.5 Å². The van der Waals surface area contributed by atoms with E-state index in [0.717, 1.165) is 18.9 Å². The Hall–Kier alpha value is -1.43. The van der Waals surface area contributed by atoms with E-state index in [2.05, 4.69) is 21.2 Å². The predicted molar refractivity (Wildman–Crippen MR) is 70.3 cm³/mol. The summed E-state index contributed by atoms with van der Waals surface area (Å²) in [6.45, 7) is 0. The van der Waals surface area contributed by atoms with Gasteiger partial charge in [-0.25, -0.2) is 9.18 Å². The molecule has 102 valence electrons. The van der Waals surface area contributed by atoms with Crippen molar-refractivity contribution < 1.29 is 19.1 Å². The maximum Gasteiger partial charge on any atom is 0.326 e. The minimum Gasteiger partial charge on any atom is -0.480 e. The lowest BCUT2D eigenvalue weighted by Gasteiger charge is -2.14. The van der Waals surface area contributed by atoms with Crippen LogP contribution in [0, 0.1) is 11.7 Å². The van der Waals surface area contributed by atoms with E-state index < -0.39 is 23.7 Å². The SMILES string of the molecule is O=C(NC(CC1CC1)C(=O)O)c1cc(F)ccc1Br. The van der Waals surface area contributed by atoms with Crippen LogP contribution in [-0.4, -0.2) is 23.0 Å². The van der Waals surface area contributed by atoms with Crippen molar-refractivity contribution in [3.63, 3.8) is 0 Å². The number of hydrogen-bond donors (Lipinski definition) is 2. The highest BCUT2D eigenvalue weighted by Crippen LogP contribution is 2.33. The average molecular weight is 330 g/mol. The van der Waals surface area contributed by atoms with Crippen LogP contribution in [0.5, 0.6) is 0 Å². The fourth-order valence-electron chi connectivity index (χ4n) is 1.82. The number of nitrogens with one attached hydrogen (secondary N) is 1. The molecule has 1 saturated carbocycles. The van der Waals surface area contributed by atoms with E-state index >= 15 is 0 Å². The molecule has 0 aliphatic heterocycles. The smallest absolute Gasteiger partial charge is 0.326 e. The minimum atomic E-state index is -1.06. The van der Waals surface area contributed by atoms with Crippen LogP contribution < -0.4 is 5.32 Å². The number of aliphatic carboxylic acids is 1. The molecule has 0 bridgehead atoms. The van der Waals surface area contributed by atoms with Crippen LogP contribution in [0.4, 0.5) is 4.39 Å². The first kappa shape index (κ1) is 14.0. The Morgan fingerprint density at radius 2 is 2.16 bits per heavy atom. The van der Waals surface area contributed by atoms with Crippen LogP contribution in [-0.2, 0) is 4.79 Å². The number of rotatable bonds is 5. The molecule has 1 fully saturated rings. The predicted octanol–water partition coefficient (Wildman–Crippen LogP) is 2.57. The van der Waals surface area contributed by atoms with Gasteiger partial charge in [-0.2, -0.15) is 0 Å². The molecule has 0 aromatic heterocycles. The van der Waals surface area contributed by atoms with Crippen molar-refractivity contribution in [3.05, 3.63) is 34.1 Å². The van der Waals surface area contributed by atoms with Gasteiger partial charge in [0.15, 0.2) is 0 Å². The highest BCUT2D eigenvalue weighted by molar-refractivity contribution is 9.10. The highest BCUT2D eigenvalue weighted by Gasteiger charge is 2.30. The van der Waals surface area contributed by atoms with Crippen molar-refractivity contribution in [1.82, 2.24) is 5.32 Å². The van der Waals surface area contributed by atoms with E-state index in [-0.39, 0.29) is 5.56 Å². The van der Waals surface area contributed by atoms with E-state index in [1.54, 1.807) is 0 Å². The Balaban J connectivity index is 2.09. The van der Waals surface area contributed by atoms with Crippen molar-refractivity contribution in [2.24, 2.45) is 5.92 Å². The van der Waals surface area contributed by atoms with Gasteiger partial charge in [0.2, 0.25) is 0 Å². The summed E-state index contributed by atoms with van der Waals surface area (Å²) >= 11 is 3.15. The van der Waals surface area contributed by atoms with Crippen molar-refractivity contribution >= 4 is 27.8 Å². The zero-order valence-electron chi connectivity index (χ0n) is 10.0. The van der Waals surface area contributed by atoms with Crippen molar-refractivity contribution in [2.45, 2.75) is 25.3 Å². The molecule has 1 aliphatic carbocycles. The number of benzene rings is 1. The molecule has 1 unspecified atom stereocenters. The summed E-state index contributed by atoms with van der Waals surface area (Å²) in [6, 6.07) is 2.80. The van der Waals surface area contributed by atoms with Gasteiger partial charge in [0.05, 0.1) is 5.56 Å². The molecule has 0 saturated heterocycles. The van der Waals surface area contributed by atoms with Gasteiger partial charge in [0, 0.05) is 4.47 Å². The number of carboxylic acid groups (broad SMARTS) is 1. The lowest BCUT2D eigenvalue weighted by molar-refractivity contribution is -0.139. The molecule has 0 spiro atoms. The van der Waals surface area contributed by atoms with Crippen LogP contribution in [0.1, 0.15) is 29.6 Å². The second-order valence-corrected chi connectivity index (χ2v) is 5.52. The summed E-state index contributed by atoms with van der Waals surface area (Å²) in [7, 11) is 0. The quantitative estimate of drug-likeness (QED) is 0.872. The standard InChI is InChI=1S/C13H13BrFNO3/c14-10-4-3-8(15)6-9(10)12(17)16-11(13(18)19)5-7-1-2-7/h3-4,6-7,11H,1-2,5H2,(H,16,17)(H,18,19). The first-order valence-corrected chi connectivity index (χ1v) is 6.75. The normalized spacial score (nSPS) is 15.9. The lowest BCUT2D eigenvalue weighted by Crippen LogP contribution is -2.41. The number of halogens is 2. The molecule has 6 heteroatoms. The highest BCUT2D eigenvalue weighted by atomic mass is 79.9. The third-order valence-corrected chi connectivity index (χ3v) is 3.73. The van der Waals surface area contributed by atoms with E-state index in [9.17, 15) is 14.0 Å². The number of carbonyl (C=O) groups excluding carboxylic acids is 1. The average Bonchev–Trinajstić information content (AvgIpc) is 3.15.